The molecule has 1 aliphatic rings. The number of hydrogen-bond acceptors (Lipinski definition) is 14. The largest absolute Gasteiger partial charge is 0.481 e. The average molecular weight is 1040 g/mol. The molecule has 0 bridgehead atoms. The molecule has 17 N–H and O–H groups in total. The number of primary amides is 1. The van der Waals surface area contributed by atoms with Crippen molar-refractivity contribution in [1.82, 2.24) is 51.8 Å². The van der Waals surface area contributed by atoms with E-state index in [0.717, 1.165) is 5.56 Å². The third-order valence-electron chi connectivity index (χ3n) is 12.5. The molecule has 8 atom stereocenters. The predicted molar refractivity (Wildman–Crippen MR) is 267 cm³/mol. The Hall–Kier alpha value is -8.23. The van der Waals surface area contributed by atoms with Crippen LogP contribution in [0.4, 0.5) is 0 Å². The summed E-state index contributed by atoms with van der Waals surface area (Å²) in [5.41, 5.74) is 19.6. The van der Waals surface area contributed by atoms with Gasteiger partial charge in [0.25, 0.3) is 0 Å². The number of nitrogens with two attached hydrogens (primary N) is 3. The molecule has 0 radical (unpaired) electrons. The summed E-state index contributed by atoms with van der Waals surface area (Å²) in [4.78, 5) is 145. The minimum absolute atomic E-state index is 0.0113. The average Bonchev–Trinajstić information content (AvgIpc) is 4.18. The molecule has 2 aromatic carbocycles. The zero-order valence-electron chi connectivity index (χ0n) is 41.0. The van der Waals surface area contributed by atoms with Crippen LogP contribution in [0, 0.1) is 0 Å². The highest BCUT2D eigenvalue weighted by atomic mass is 16.4. The molecule has 0 spiro atoms. The van der Waals surface area contributed by atoms with Crippen molar-refractivity contribution in [2.45, 2.75) is 119 Å². The number of aliphatic hydroxyl groups is 1. The number of carboxylic acid groups (broad SMARTS) is 2. The summed E-state index contributed by atoms with van der Waals surface area (Å²) >= 11 is 0. The predicted octanol–water partition coefficient (Wildman–Crippen LogP) is -2.91. The first-order valence-electron chi connectivity index (χ1n) is 24.4. The molecule has 1 fully saturated rings. The number of aliphatic hydroxyl groups excluding tert-OH is 1. The molecule has 404 valence electrons. The van der Waals surface area contributed by atoms with Crippen LogP contribution in [0.15, 0.2) is 73.3 Å². The number of amides is 8. The van der Waals surface area contributed by atoms with Crippen LogP contribution in [0.5, 0.6) is 0 Å². The van der Waals surface area contributed by atoms with Crippen molar-refractivity contribution in [3.8, 4) is 0 Å². The van der Waals surface area contributed by atoms with Gasteiger partial charge in [-0.1, -0.05) is 48.5 Å². The Morgan fingerprint density at radius 1 is 0.707 bits per heavy atom. The standard InChI is InChI=1S/C49H65N13O13/c50-17-7-6-13-34(49(74)75)57-46(71)38(25-63)61-47(72)39-14-8-18-62(39)48(73)37(20-28-23-54-32-12-5-4-11-30(28)32)60-45(70)36(22-40(52)64)59-43(68)33(15-16-41(65)66)56-44(69)35(21-29-24-53-26-55-29)58-42(67)31(51)19-27-9-2-1-3-10-27/h1-5,9-12,23-24,26,31,33-39,54,63H,6-8,13-22,25,50-51H2,(H2,52,64)(H,53,55)(H,56,69)(H,57,71)(H,58,67)(H,59,68)(H,60,70)(H,61,72)(H,65,66)(H,74,75)/t31-,33-,34-,35-,36-,37-,38-,39-/m0/s1. The Kier molecular flexibility index (Phi) is 21.7. The number of benzene rings is 2. The number of para-hydroxylation sites is 1. The molecule has 75 heavy (non-hydrogen) atoms. The van der Waals surface area contributed by atoms with Gasteiger partial charge in [0.05, 0.1) is 25.4 Å². The Morgan fingerprint density at radius 3 is 2.01 bits per heavy atom. The van der Waals surface area contributed by atoms with E-state index in [2.05, 4.69) is 46.9 Å². The number of hydrogen-bond donors (Lipinski definition) is 14. The van der Waals surface area contributed by atoms with E-state index in [1.165, 1.54) is 17.4 Å². The number of nitrogens with one attached hydrogen (secondary N) is 8. The molecule has 26 nitrogen and oxygen atoms in total. The Bertz CT molecular complexity index is 2630. The van der Waals surface area contributed by atoms with Crippen LogP contribution in [0.25, 0.3) is 10.9 Å². The highest BCUT2D eigenvalue weighted by molar-refractivity contribution is 5.99. The van der Waals surface area contributed by atoms with Crippen molar-refractivity contribution in [2.24, 2.45) is 17.2 Å². The first-order chi connectivity index (χ1) is 35.9. The molecule has 3 heterocycles. The number of likely N-dealkylation sites (tertiary alicyclic amines) is 1. The third kappa shape index (κ3) is 17.2. The molecule has 1 aliphatic heterocycles. The second-order valence-electron chi connectivity index (χ2n) is 18.1. The molecule has 4 aromatic rings. The Balaban J connectivity index is 1.37. The lowest BCUT2D eigenvalue weighted by molar-refractivity contribution is -0.144. The van der Waals surface area contributed by atoms with Crippen LogP contribution in [-0.4, -0.2) is 162 Å². The van der Waals surface area contributed by atoms with Crippen molar-refractivity contribution in [3.63, 3.8) is 0 Å². The molecular weight excluding hydrogens is 979 g/mol. The summed E-state index contributed by atoms with van der Waals surface area (Å²) in [5.74, 6) is -10.4. The number of rotatable bonds is 30. The van der Waals surface area contributed by atoms with Gasteiger partial charge in [-0.2, -0.15) is 0 Å². The number of aromatic nitrogens is 3. The van der Waals surface area contributed by atoms with E-state index < -0.39 is 133 Å². The van der Waals surface area contributed by atoms with Crippen molar-refractivity contribution in [2.75, 3.05) is 19.7 Å². The minimum Gasteiger partial charge on any atom is -0.481 e. The number of aliphatic carboxylic acids is 2. The number of imidazole rings is 1. The summed E-state index contributed by atoms with van der Waals surface area (Å²) < 4.78 is 0. The number of H-pyrrole nitrogens is 2. The minimum atomic E-state index is -1.83. The highest BCUT2D eigenvalue weighted by Crippen LogP contribution is 2.23. The van der Waals surface area contributed by atoms with E-state index in [-0.39, 0.29) is 45.1 Å². The van der Waals surface area contributed by atoms with E-state index in [1.807, 2.05) is 0 Å². The number of unbranched alkanes of at least 4 members (excludes halogenated alkanes) is 1. The fourth-order valence-electron chi connectivity index (χ4n) is 8.54. The van der Waals surface area contributed by atoms with Crippen LogP contribution >= 0.6 is 0 Å². The lowest BCUT2D eigenvalue weighted by Crippen LogP contribution is -2.61. The van der Waals surface area contributed by atoms with Crippen molar-refractivity contribution in [3.05, 3.63) is 90.1 Å². The van der Waals surface area contributed by atoms with Crippen LogP contribution < -0.4 is 49.1 Å². The lowest BCUT2D eigenvalue weighted by Gasteiger charge is -2.31. The molecule has 26 heteroatoms. The van der Waals surface area contributed by atoms with E-state index in [1.54, 1.807) is 60.8 Å². The first kappa shape index (κ1) is 57.7. The summed E-state index contributed by atoms with van der Waals surface area (Å²) in [6.45, 7) is -0.637. The van der Waals surface area contributed by atoms with E-state index in [4.69, 9.17) is 17.2 Å². The molecule has 5 rings (SSSR count). The molecular formula is C49H65N13O13. The zero-order chi connectivity index (χ0) is 54.6. The number of carbonyl (C=O) groups excluding carboxylic acids is 8. The molecule has 8 amide bonds. The summed E-state index contributed by atoms with van der Waals surface area (Å²) in [7, 11) is 0. The van der Waals surface area contributed by atoms with Gasteiger partial charge in [0.1, 0.15) is 42.3 Å². The fourth-order valence-corrected chi connectivity index (χ4v) is 8.54. The first-order valence-corrected chi connectivity index (χ1v) is 24.4. The van der Waals surface area contributed by atoms with E-state index >= 15 is 0 Å². The number of aromatic amines is 2. The zero-order valence-corrected chi connectivity index (χ0v) is 41.0. The number of carboxylic acids is 2. The summed E-state index contributed by atoms with van der Waals surface area (Å²) in [6.07, 6.45) is 3.27. The normalized spacial score (nSPS) is 16.0. The van der Waals surface area contributed by atoms with Crippen molar-refractivity contribution in [1.29, 1.82) is 0 Å². The maximum absolute atomic E-state index is 14.7. The molecule has 0 aliphatic carbocycles. The van der Waals surface area contributed by atoms with E-state index in [9.17, 15) is 63.3 Å². The SMILES string of the molecule is NCCCC[C@H](NC(=O)[C@H](CO)NC(=O)[C@@H]1CCCN1C(=O)[C@H](Cc1c[nH]c2ccccc12)NC(=O)[C@H](CC(N)=O)NC(=O)[C@H](CCC(=O)O)NC(=O)[C@H](Cc1cnc[nH]1)NC(=O)[C@@H](N)Cc1ccccc1)C(=O)O. The van der Waals surface area contributed by atoms with Crippen LogP contribution in [0.1, 0.15) is 68.2 Å². The fraction of sp³-hybridized carbons (Fsp3) is 0.449. The monoisotopic (exact) mass is 1040 g/mol. The van der Waals surface area contributed by atoms with Gasteiger partial charge in [0.15, 0.2) is 0 Å². The lowest BCUT2D eigenvalue weighted by atomic mass is 10.0. The second-order valence-corrected chi connectivity index (χ2v) is 18.1. The number of nitrogens with zero attached hydrogens (tertiary/aromatic N) is 2. The van der Waals surface area contributed by atoms with Crippen LogP contribution in [0.3, 0.4) is 0 Å². The maximum atomic E-state index is 14.7. The summed E-state index contributed by atoms with van der Waals surface area (Å²) in [5, 5.41) is 44.8. The van der Waals surface area contributed by atoms with Gasteiger partial charge in [-0.3, -0.25) is 43.2 Å². The van der Waals surface area contributed by atoms with Gasteiger partial charge in [-0.15, -0.1) is 0 Å². The van der Waals surface area contributed by atoms with Gasteiger partial charge in [-0.25, -0.2) is 9.78 Å². The van der Waals surface area contributed by atoms with Gasteiger partial charge < -0.3 is 79.3 Å². The maximum Gasteiger partial charge on any atom is 0.326 e. The van der Waals surface area contributed by atoms with Gasteiger partial charge in [0, 0.05) is 54.8 Å². The molecule has 2 aromatic heterocycles. The van der Waals surface area contributed by atoms with Crippen molar-refractivity contribution >= 4 is 70.1 Å². The summed E-state index contributed by atoms with van der Waals surface area (Å²) in [6, 6.07) is 4.14. The Labute approximate surface area is 430 Å². The number of carbonyl (C=O) groups is 10. The smallest absolute Gasteiger partial charge is 0.326 e. The second kappa shape index (κ2) is 28.3. The van der Waals surface area contributed by atoms with Crippen LogP contribution in [-0.2, 0) is 67.2 Å². The molecule has 0 unspecified atom stereocenters. The Morgan fingerprint density at radius 2 is 1.35 bits per heavy atom. The van der Waals surface area contributed by atoms with Crippen LogP contribution in [0.2, 0.25) is 0 Å². The van der Waals surface area contributed by atoms with Crippen molar-refractivity contribution < 1.29 is 63.3 Å². The molecule has 0 saturated carbocycles. The molecule has 1 saturated heterocycles. The highest BCUT2D eigenvalue weighted by Gasteiger charge is 2.41. The van der Waals surface area contributed by atoms with Gasteiger partial charge in [-0.05, 0) is 68.7 Å². The topological polar surface area (TPSA) is 429 Å². The van der Waals surface area contributed by atoms with Gasteiger partial charge >= 0.3 is 11.9 Å². The third-order valence-corrected chi connectivity index (χ3v) is 12.5. The van der Waals surface area contributed by atoms with E-state index in [0.29, 0.717) is 41.5 Å². The quantitative estimate of drug-likeness (QED) is 0.0233. The number of fused-ring (bicyclic) bond motifs is 1. The van der Waals surface area contributed by atoms with Gasteiger partial charge in [0.2, 0.25) is 47.3 Å².